The fraction of sp³-hybridized carbons (Fsp3) is 0.895. The molecule has 0 fully saturated rings. The molecule has 124 valence electrons. The molecule has 0 saturated carbocycles. The molecule has 1 atom stereocenters. The van der Waals surface area contributed by atoms with E-state index in [1.807, 2.05) is 0 Å². The van der Waals surface area contributed by atoms with E-state index in [4.69, 9.17) is 9.47 Å². The van der Waals surface area contributed by atoms with Crippen molar-refractivity contribution in [3.63, 3.8) is 0 Å². The molecule has 0 N–H and O–H groups in total. The molecular formula is C19H36O2. The van der Waals surface area contributed by atoms with Crippen molar-refractivity contribution in [1.29, 1.82) is 0 Å². The van der Waals surface area contributed by atoms with Gasteiger partial charge in [-0.15, -0.1) is 0 Å². The maximum atomic E-state index is 5.78. The maximum Gasteiger partial charge on any atom is 0.321 e. The molecule has 1 aliphatic rings. The zero-order valence-electron chi connectivity index (χ0n) is 14.4. The summed E-state index contributed by atoms with van der Waals surface area (Å²) >= 11 is 0. The van der Waals surface area contributed by atoms with Crippen molar-refractivity contribution in [3.8, 4) is 0 Å². The van der Waals surface area contributed by atoms with E-state index in [0.717, 1.165) is 5.95 Å². The third kappa shape index (κ3) is 11.7. The predicted molar refractivity (Wildman–Crippen MR) is 90.0 cm³/mol. The molecule has 0 bridgehead atoms. The van der Waals surface area contributed by atoms with Gasteiger partial charge in [0, 0.05) is 0 Å². The van der Waals surface area contributed by atoms with E-state index in [2.05, 4.69) is 13.8 Å². The molecule has 0 aromatic carbocycles. The number of hydrogen-bond donors (Lipinski definition) is 0. The summed E-state index contributed by atoms with van der Waals surface area (Å²) in [5.41, 5.74) is 0. The molecule has 0 aromatic rings. The van der Waals surface area contributed by atoms with E-state index in [-0.39, 0.29) is 0 Å². The molecule has 0 spiro atoms. The summed E-state index contributed by atoms with van der Waals surface area (Å²) in [6.45, 7) is 4.52. The van der Waals surface area contributed by atoms with Crippen LogP contribution in [0, 0.1) is 0 Å². The van der Waals surface area contributed by atoms with Crippen LogP contribution >= 0.6 is 0 Å². The highest BCUT2D eigenvalue weighted by molar-refractivity contribution is 4.93. The molecule has 1 heterocycles. The Balaban J connectivity index is 1.87. The Morgan fingerprint density at radius 1 is 0.762 bits per heavy atom. The molecule has 0 aliphatic carbocycles. The highest BCUT2D eigenvalue weighted by atomic mass is 16.7. The first-order valence-electron chi connectivity index (χ1n) is 9.40. The number of rotatable bonds is 16. The second-order valence-corrected chi connectivity index (χ2v) is 6.41. The normalized spacial score (nSPS) is 14.5. The van der Waals surface area contributed by atoms with Gasteiger partial charge in [0.2, 0.25) is 0 Å². The van der Waals surface area contributed by atoms with Gasteiger partial charge in [-0.1, -0.05) is 84.5 Å². The minimum Gasteiger partial charge on any atom is -0.460 e. The molecule has 0 aromatic heterocycles. The van der Waals surface area contributed by atoms with Gasteiger partial charge < -0.3 is 9.47 Å². The van der Waals surface area contributed by atoms with Crippen LogP contribution in [-0.4, -0.2) is 6.10 Å². The molecular weight excluding hydrogens is 260 g/mol. The minimum absolute atomic E-state index is 0.382. The van der Waals surface area contributed by atoms with E-state index < -0.39 is 0 Å². The van der Waals surface area contributed by atoms with Crippen molar-refractivity contribution in [2.24, 2.45) is 0 Å². The SMILES string of the molecule is CCCCCCCCCCCCC(CCCC)OC1=CO1. The lowest BCUT2D eigenvalue weighted by molar-refractivity contribution is 0.0631. The fourth-order valence-corrected chi connectivity index (χ4v) is 2.80. The predicted octanol–water partition coefficient (Wildman–Crippen LogP) is 6.70. The fourth-order valence-electron chi connectivity index (χ4n) is 2.80. The van der Waals surface area contributed by atoms with E-state index in [1.165, 1.54) is 89.9 Å². The summed E-state index contributed by atoms with van der Waals surface area (Å²) in [6, 6.07) is 0. The second-order valence-electron chi connectivity index (χ2n) is 6.41. The van der Waals surface area contributed by atoms with Gasteiger partial charge >= 0.3 is 5.95 Å². The smallest absolute Gasteiger partial charge is 0.321 e. The Hall–Kier alpha value is -0.660. The van der Waals surface area contributed by atoms with Gasteiger partial charge in [0.15, 0.2) is 6.26 Å². The Morgan fingerprint density at radius 3 is 1.76 bits per heavy atom. The third-order valence-electron chi connectivity index (χ3n) is 4.26. The Morgan fingerprint density at radius 2 is 1.24 bits per heavy atom. The number of unbranched alkanes of at least 4 members (excludes halogenated alkanes) is 10. The average molecular weight is 296 g/mol. The van der Waals surface area contributed by atoms with Crippen molar-refractivity contribution < 1.29 is 9.47 Å². The van der Waals surface area contributed by atoms with Gasteiger partial charge in [0.25, 0.3) is 0 Å². The van der Waals surface area contributed by atoms with Crippen molar-refractivity contribution >= 4 is 0 Å². The molecule has 0 amide bonds. The quantitative estimate of drug-likeness (QED) is 0.295. The van der Waals surface area contributed by atoms with Crippen LogP contribution in [0.1, 0.15) is 104 Å². The van der Waals surface area contributed by atoms with Gasteiger partial charge in [0.05, 0.1) is 0 Å². The number of hydrogen-bond acceptors (Lipinski definition) is 2. The first kappa shape index (κ1) is 18.4. The lowest BCUT2D eigenvalue weighted by atomic mass is 10.0. The van der Waals surface area contributed by atoms with Crippen molar-refractivity contribution in [2.75, 3.05) is 0 Å². The standard InChI is InChI=1S/C19H36O2/c1-3-5-7-8-9-10-11-12-13-14-16-18(15-6-4-2)21-19-17-20-19/h17-18H,3-16H2,1-2H3. The summed E-state index contributed by atoms with van der Waals surface area (Å²) in [5, 5.41) is 0. The Kier molecular flexibility index (Phi) is 11.4. The summed E-state index contributed by atoms with van der Waals surface area (Å²) in [7, 11) is 0. The van der Waals surface area contributed by atoms with Crippen LogP contribution in [0.4, 0.5) is 0 Å². The van der Waals surface area contributed by atoms with Crippen LogP contribution in [0.2, 0.25) is 0 Å². The van der Waals surface area contributed by atoms with Gasteiger partial charge in [-0.25, -0.2) is 0 Å². The second kappa shape index (κ2) is 13.0. The number of ether oxygens (including phenoxy) is 2. The van der Waals surface area contributed by atoms with Gasteiger partial charge in [0.1, 0.15) is 6.10 Å². The highest BCUT2D eigenvalue weighted by Crippen LogP contribution is 2.23. The van der Waals surface area contributed by atoms with Gasteiger partial charge in [-0.2, -0.15) is 0 Å². The minimum atomic E-state index is 0.382. The molecule has 2 nitrogen and oxygen atoms in total. The summed E-state index contributed by atoms with van der Waals surface area (Å²) in [5.74, 6) is 0.753. The first-order chi connectivity index (χ1) is 10.4. The van der Waals surface area contributed by atoms with Gasteiger partial charge in [-0.3, -0.25) is 0 Å². The summed E-state index contributed by atoms with van der Waals surface area (Å²) in [4.78, 5) is 0. The Bertz CT molecular complexity index is 260. The monoisotopic (exact) mass is 296 g/mol. The van der Waals surface area contributed by atoms with Crippen molar-refractivity contribution in [2.45, 2.75) is 110 Å². The van der Waals surface area contributed by atoms with E-state index in [9.17, 15) is 0 Å². The van der Waals surface area contributed by atoms with Crippen molar-refractivity contribution in [1.82, 2.24) is 0 Å². The zero-order chi connectivity index (χ0) is 15.2. The molecule has 1 rings (SSSR count). The van der Waals surface area contributed by atoms with Crippen molar-refractivity contribution in [3.05, 3.63) is 12.2 Å². The van der Waals surface area contributed by atoms with Crippen LogP contribution in [-0.2, 0) is 9.47 Å². The lowest BCUT2D eigenvalue weighted by Crippen LogP contribution is -2.10. The lowest BCUT2D eigenvalue weighted by Gasteiger charge is -2.15. The van der Waals surface area contributed by atoms with Gasteiger partial charge in [-0.05, 0) is 19.3 Å². The summed E-state index contributed by atoms with van der Waals surface area (Å²) in [6.07, 6.45) is 21.0. The maximum absolute atomic E-state index is 5.78. The van der Waals surface area contributed by atoms with Crippen LogP contribution in [0.3, 0.4) is 0 Å². The third-order valence-corrected chi connectivity index (χ3v) is 4.26. The summed E-state index contributed by atoms with van der Waals surface area (Å²) < 4.78 is 10.8. The van der Waals surface area contributed by atoms with E-state index in [1.54, 1.807) is 6.26 Å². The van der Waals surface area contributed by atoms with E-state index in [0.29, 0.717) is 6.10 Å². The topological polar surface area (TPSA) is 21.8 Å². The molecule has 0 saturated heterocycles. The van der Waals surface area contributed by atoms with Crippen LogP contribution in [0.25, 0.3) is 0 Å². The highest BCUT2D eigenvalue weighted by Gasteiger charge is 2.18. The van der Waals surface area contributed by atoms with Crippen LogP contribution in [0.15, 0.2) is 12.2 Å². The largest absolute Gasteiger partial charge is 0.460 e. The molecule has 0 radical (unpaired) electrons. The zero-order valence-corrected chi connectivity index (χ0v) is 14.4. The van der Waals surface area contributed by atoms with E-state index >= 15 is 0 Å². The first-order valence-corrected chi connectivity index (χ1v) is 9.40. The molecule has 1 unspecified atom stereocenters. The van der Waals surface area contributed by atoms with Crippen LogP contribution < -0.4 is 0 Å². The Labute approximate surface area is 132 Å². The molecule has 21 heavy (non-hydrogen) atoms. The molecule has 2 heteroatoms. The molecule has 1 aliphatic heterocycles. The van der Waals surface area contributed by atoms with Crippen LogP contribution in [0.5, 0.6) is 0 Å². The average Bonchev–Trinajstić information content (AvgIpc) is 3.30.